The van der Waals surface area contributed by atoms with Gasteiger partial charge in [0.1, 0.15) is 26.4 Å². The van der Waals surface area contributed by atoms with Crippen molar-refractivity contribution in [1.82, 2.24) is 5.32 Å². The van der Waals surface area contributed by atoms with Gasteiger partial charge in [0.2, 0.25) is 0 Å². The number of esters is 2. The number of carboxylic acid groups (broad SMARTS) is 1. The van der Waals surface area contributed by atoms with Crippen molar-refractivity contribution in [2.45, 2.75) is 39.5 Å². The Morgan fingerprint density at radius 3 is 1.69 bits per heavy atom. The summed E-state index contributed by atoms with van der Waals surface area (Å²) in [7, 11) is 0. The number of aliphatic carboxylic acids is 1. The number of amides is 2. The molecule has 32 heavy (non-hydrogen) atoms. The summed E-state index contributed by atoms with van der Waals surface area (Å²) >= 11 is 0. The molecule has 0 aliphatic heterocycles. The van der Waals surface area contributed by atoms with E-state index in [1.165, 1.54) is 13.8 Å². The van der Waals surface area contributed by atoms with E-state index in [0.717, 1.165) is 6.42 Å². The quantitative estimate of drug-likeness (QED) is 0.149. The van der Waals surface area contributed by atoms with Gasteiger partial charge in [0, 0.05) is 24.1 Å². The third kappa shape index (κ3) is 22.7. The number of primary amides is 1. The monoisotopic (exact) mass is 460 g/mol. The lowest BCUT2D eigenvalue weighted by Crippen LogP contribution is -2.27. The first-order chi connectivity index (χ1) is 15.0. The number of unbranched alkanes of at least 4 members (excludes halogenated alkanes) is 2. The van der Waals surface area contributed by atoms with Gasteiger partial charge in [-0.15, -0.1) is 0 Å². The molecule has 0 aromatic carbocycles. The van der Waals surface area contributed by atoms with Crippen LogP contribution in [0, 0.1) is 0 Å². The van der Waals surface area contributed by atoms with Crippen LogP contribution < -0.4 is 11.1 Å². The number of rotatable bonds is 14. The molecule has 0 atom stereocenters. The molecule has 0 saturated carbocycles. The highest BCUT2D eigenvalue weighted by molar-refractivity contribution is 5.87. The van der Waals surface area contributed by atoms with Gasteiger partial charge in [-0.1, -0.05) is 19.6 Å². The summed E-state index contributed by atoms with van der Waals surface area (Å²) in [5.74, 6) is -1.85. The number of carbonyl (C=O) groups is 5. The predicted octanol–water partition coefficient (Wildman–Crippen LogP) is 1.68. The molecule has 182 valence electrons. The van der Waals surface area contributed by atoms with Crippen LogP contribution in [0.3, 0.4) is 0 Å². The number of hydrogen-bond donors (Lipinski definition) is 3. The van der Waals surface area contributed by atoms with Crippen molar-refractivity contribution in [2.75, 3.05) is 33.0 Å². The number of alkyl carbamates (subject to hydrolysis) is 1. The third-order valence-corrected chi connectivity index (χ3v) is 3.14. The van der Waals surface area contributed by atoms with E-state index in [9.17, 15) is 24.0 Å². The Morgan fingerprint density at radius 1 is 0.781 bits per heavy atom. The molecule has 0 bridgehead atoms. The van der Waals surface area contributed by atoms with E-state index in [1.54, 1.807) is 0 Å². The lowest BCUT2D eigenvalue weighted by atomic mass is 10.2. The number of ether oxygens (including phenoxy) is 4. The van der Waals surface area contributed by atoms with Gasteiger partial charge in [-0.05, 0) is 26.7 Å². The first-order valence-corrected chi connectivity index (χ1v) is 9.67. The van der Waals surface area contributed by atoms with E-state index in [0.29, 0.717) is 25.0 Å². The van der Waals surface area contributed by atoms with E-state index >= 15 is 0 Å². The van der Waals surface area contributed by atoms with E-state index in [1.807, 2.05) is 0 Å². The van der Waals surface area contributed by atoms with Crippen molar-refractivity contribution < 1.29 is 48.0 Å². The van der Waals surface area contributed by atoms with Gasteiger partial charge in [0.15, 0.2) is 0 Å². The largest absolute Gasteiger partial charge is 0.481 e. The smallest absolute Gasteiger partial charge is 0.407 e. The van der Waals surface area contributed by atoms with Gasteiger partial charge in [0.05, 0.1) is 0 Å². The van der Waals surface area contributed by atoms with E-state index < -0.39 is 30.1 Å². The highest BCUT2D eigenvalue weighted by Gasteiger charge is 2.05. The summed E-state index contributed by atoms with van der Waals surface area (Å²) in [5, 5.41) is 10.9. The van der Waals surface area contributed by atoms with Crippen molar-refractivity contribution >= 4 is 30.1 Å². The summed E-state index contributed by atoms with van der Waals surface area (Å²) in [6.45, 7) is 10.2. The van der Waals surface area contributed by atoms with Crippen LogP contribution in [0.4, 0.5) is 9.59 Å². The standard InChI is InChI=1S/C13H21NO6.C7H11NO4/c1-10(2)12(17)19-8-9-20-13(18)14-7-5-3-4-6-11(15)16;1-5(2)6(9)11-3-4-12-7(8)10/h1,3-9H2,2H3,(H,14,18)(H,15,16);1,3-4H2,2H3,(H2,8,10). The molecule has 2 amide bonds. The summed E-state index contributed by atoms with van der Waals surface area (Å²) in [5.41, 5.74) is 5.24. The minimum atomic E-state index is -0.888. The van der Waals surface area contributed by atoms with Crippen LogP contribution >= 0.6 is 0 Å². The number of nitrogens with two attached hydrogens (primary N) is 1. The molecule has 0 spiro atoms. The summed E-state index contributed by atoms with van der Waals surface area (Å²) in [6, 6.07) is 0. The van der Waals surface area contributed by atoms with Crippen LogP contribution in [0.15, 0.2) is 24.3 Å². The molecule has 12 heteroatoms. The van der Waals surface area contributed by atoms with Gasteiger partial charge in [-0.2, -0.15) is 0 Å². The fourth-order valence-corrected chi connectivity index (χ4v) is 1.61. The van der Waals surface area contributed by atoms with E-state index in [-0.39, 0.29) is 38.4 Å². The average molecular weight is 460 g/mol. The van der Waals surface area contributed by atoms with Crippen molar-refractivity contribution in [2.24, 2.45) is 5.73 Å². The zero-order chi connectivity index (χ0) is 24.9. The molecular weight excluding hydrogens is 428 g/mol. The van der Waals surface area contributed by atoms with Crippen molar-refractivity contribution in [1.29, 1.82) is 0 Å². The highest BCUT2D eigenvalue weighted by atomic mass is 16.6. The first-order valence-electron chi connectivity index (χ1n) is 9.67. The Morgan fingerprint density at radius 2 is 1.25 bits per heavy atom. The van der Waals surface area contributed by atoms with Crippen molar-refractivity contribution in [3.8, 4) is 0 Å². The lowest BCUT2D eigenvalue weighted by molar-refractivity contribution is -0.140. The molecule has 0 heterocycles. The van der Waals surface area contributed by atoms with Crippen LogP contribution in [0.25, 0.3) is 0 Å². The zero-order valence-electron chi connectivity index (χ0n) is 18.5. The second kappa shape index (κ2) is 19.4. The molecule has 12 nitrogen and oxygen atoms in total. The molecule has 4 N–H and O–H groups in total. The van der Waals surface area contributed by atoms with Crippen molar-refractivity contribution in [3.63, 3.8) is 0 Å². The third-order valence-electron chi connectivity index (χ3n) is 3.14. The van der Waals surface area contributed by atoms with Gasteiger partial charge in [-0.25, -0.2) is 19.2 Å². The maximum Gasteiger partial charge on any atom is 0.407 e. The summed E-state index contributed by atoms with van der Waals surface area (Å²) in [4.78, 5) is 53.1. The fraction of sp³-hybridized carbons (Fsp3) is 0.550. The van der Waals surface area contributed by atoms with E-state index in [2.05, 4.69) is 33.7 Å². The Labute approximate surface area is 186 Å². The molecule has 0 rings (SSSR count). The number of carboxylic acids is 1. The van der Waals surface area contributed by atoms with Crippen LogP contribution in [0.2, 0.25) is 0 Å². The number of nitrogens with one attached hydrogen (secondary N) is 1. The second-order valence-corrected chi connectivity index (χ2v) is 6.27. The van der Waals surface area contributed by atoms with E-state index in [4.69, 9.17) is 14.6 Å². The van der Waals surface area contributed by atoms with Crippen LogP contribution in [0.5, 0.6) is 0 Å². The molecule has 0 aliphatic carbocycles. The molecule has 0 fully saturated rings. The number of carbonyl (C=O) groups excluding carboxylic acids is 4. The van der Waals surface area contributed by atoms with Crippen molar-refractivity contribution in [3.05, 3.63) is 24.3 Å². The highest BCUT2D eigenvalue weighted by Crippen LogP contribution is 1.98. The summed E-state index contributed by atoms with van der Waals surface area (Å²) in [6.07, 6.45) is 0.660. The number of hydrogen-bond acceptors (Lipinski definition) is 9. The Balaban J connectivity index is 0. The molecule has 0 aliphatic rings. The average Bonchev–Trinajstić information content (AvgIpc) is 2.70. The normalized spacial score (nSPS) is 9.31. The van der Waals surface area contributed by atoms with Gasteiger partial charge < -0.3 is 35.1 Å². The van der Waals surface area contributed by atoms with Crippen LogP contribution in [-0.4, -0.2) is 68.2 Å². The fourth-order valence-electron chi connectivity index (χ4n) is 1.61. The molecule has 0 aromatic rings. The SMILES string of the molecule is C=C(C)C(=O)OCCOC(=O)NCCCCCC(=O)O.C=C(C)C(=O)OCCOC(N)=O. The maximum absolute atomic E-state index is 11.2. The molecule has 0 saturated heterocycles. The summed E-state index contributed by atoms with van der Waals surface area (Å²) < 4.78 is 18.4. The van der Waals surface area contributed by atoms with Gasteiger partial charge >= 0.3 is 30.1 Å². The Kier molecular flexibility index (Phi) is 18.6. The minimum Gasteiger partial charge on any atom is -0.481 e. The maximum atomic E-state index is 11.2. The minimum absolute atomic E-state index is 0.00532. The molecule has 0 radical (unpaired) electrons. The topological polar surface area (TPSA) is 181 Å². The second-order valence-electron chi connectivity index (χ2n) is 6.27. The first kappa shape index (κ1) is 30.6. The Bertz CT molecular complexity index is 661. The molecular formula is C20H32N2O10. The zero-order valence-corrected chi connectivity index (χ0v) is 18.5. The van der Waals surface area contributed by atoms with Gasteiger partial charge in [-0.3, -0.25) is 4.79 Å². The van der Waals surface area contributed by atoms with Crippen LogP contribution in [0.1, 0.15) is 39.5 Å². The van der Waals surface area contributed by atoms with Crippen LogP contribution in [-0.2, 0) is 33.3 Å². The lowest BCUT2D eigenvalue weighted by Gasteiger charge is -2.07. The molecule has 0 unspecified atom stereocenters. The molecule has 0 aromatic heterocycles. The predicted molar refractivity (Wildman–Crippen MR) is 113 cm³/mol. The van der Waals surface area contributed by atoms with Gasteiger partial charge in [0.25, 0.3) is 0 Å². The Hall–Kier alpha value is -3.57.